The van der Waals surface area contributed by atoms with E-state index in [1.54, 1.807) is 0 Å². The number of benzene rings is 6. The maximum Gasteiger partial charge on any atom is 0.237 e. The molecular formula is C59H52N6O4. The van der Waals surface area contributed by atoms with Gasteiger partial charge in [-0.3, -0.25) is 4.57 Å². The Morgan fingerprint density at radius 2 is 0.841 bits per heavy atom. The molecule has 0 atom stereocenters. The van der Waals surface area contributed by atoms with Crippen molar-refractivity contribution in [2.24, 2.45) is 11.8 Å². The number of hydrogen-bond donors (Lipinski definition) is 0. The first-order chi connectivity index (χ1) is 33.6. The molecule has 342 valence electrons. The molecule has 10 nitrogen and oxygen atoms in total. The highest BCUT2D eigenvalue weighted by atomic mass is 16.5. The van der Waals surface area contributed by atoms with Crippen LogP contribution in [0.25, 0.3) is 50.0 Å². The lowest BCUT2D eigenvalue weighted by Crippen LogP contribution is -2.01. The molecule has 0 unspecified atom stereocenters. The molecule has 0 N–H and O–H groups in total. The van der Waals surface area contributed by atoms with Crippen molar-refractivity contribution in [3.05, 3.63) is 193 Å². The number of ether oxygens (including phenoxy) is 4. The van der Waals surface area contributed by atoms with E-state index in [-0.39, 0.29) is 0 Å². The van der Waals surface area contributed by atoms with E-state index in [2.05, 4.69) is 115 Å². The summed E-state index contributed by atoms with van der Waals surface area (Å²) in [6.45, 7) is 13.1. The number of nitrogens with zero attached hydrogens (tertiary/aromatic N) is 6. The lowest BCUT2D eigenvalue weighted by Gasteiger charge is -2.12. The predicted molar refractivity (Wildman–Crippen MR) is 273 cm³/mol. The second-order valence-electron chi connectivity index (χ2n) is 18.3. The van der Waals surface area contributed by atoms with Gasteiger partial charge in [-0.15, -0.1) is 0 Å². The summed E-state index contributed by atoms with van der Waals surface area (Å²) in [6.07, 6.45) is 8.84. The summed E-state index contributed by atoms with van der Waals surface area (Å²) in [5, 5.41) is 1.98. The third-order valence-electron chi connectivity index (χ3n) is 11.9. The van der Waals surface area contributed by atoms with Crippen LogP contribution in [0.2, 0.25) is 0 Å². The Morgan fingerprint density at radius 3 is 1.25 bits per heavy atom. The van der Waals surface area contributed by atoms with Gasteiger partial charge in [0.1, 0.15) is 47.2 Å². The van der Waals surface area contributed by atoms with Gasteiger partial charge in [0.15, 0.2) is 0 Å². The van der Waals surface area contributed by atoms with Gasteiger partial charge >= 0.3 is 0 Å². The molecule has 10 rings (SSSR count). The molecular weight excluding hydrogens is 857 g/mol. The molecule has 4 heterocycles. The first-order valence-electron chi connectivity index (χ1n) is 23.3. The van der Waals surface area contributed by atoms with Crippen LogP contribution in [0.5, 0.6) is 46.3 Å². The summed E-state index contributed by atoms with van der Waals surface area (Å²) < 4.78 is 27.5. The van der Waals surface area contributed by atoms with Crippen molar-refractivity contribution in [1.29, 1.82) is 0 Å². The van der Waals surface area contributed by atoms with E-state index in [1.165, 1.54) is 23.8 Å². The zero-order valence-corrected chi connectivity index (χ0v) is 39.6. The summed E-state index contributed by atoms with van der Waals surface area (Å²) in [5.41, 5.74) is 10.9. The number of fused-ring (bicyclic) bond motifs is 3. The van der Waals surface area contributed by atoms with Crippen molar-refractivity contribution >= 4 is 21.8 Å². The predicted octanol–water partition coefficient (Wildman–Crippen LogP) is 15.3. The normalized spacial score (nSPS) is 11.4. The zero-order valence-electron chi connectivity index (χ0n) is 39.6. The minimum absolute atomic E-state index is 0.457. The second kappa shape index (κ2) is 19.5. The molecule has 0 aliphatic rings. The van der Waals surface area contributed by atoms with Gasteiger partial charge in [0, 0.05) is 70.7 Å². The van der Waals surface area contributed by atoms with Crippen LogP contribution in [0.3, 0.4) is 0 Å². The molecule has 10 aromatic rings. The van der Waals surface area contributed by atoms with Crippen LogP contribution in [0, 0.1) is 25.7 Å². The smallest absolute Gasteiger partial charge is 0.237 e. The Morgan fingerprint density at radius 1 is 0.435 bits per heavy atom. The van der Waals surface area contributed by atoms with E-state index in [4.69, 9.17) is 18.9 Å². The number of rotatable bonds is 15. The standard InChI is InChI=1S/C59H52N6O4/c1-37(2)25-41-13-17-43(18-14-41)53-33-61-57(27-39(53)5)68-47-11-7-9-45(29-47)66-49-21-23-51-52-24-22-50(32-56(52)65(55(51)31-49)59-63-35-60-36-64-59)67-46-10-8-12-48(30-46)69-58-28-40(6)54(34-62-58)44-19-15-42(16-20-44)26-38(3)4/h7-24,27-38H,25-26H2,1-6H3. The van der Waals surface area contributed by atoms with Crippen LogP contribution < -0.4 is 18.9 Å². The van der Waals surface area contributed by atoms with Crippen LogP contribution in [0.15, 0.2) is 171 Å². The quantitative estimate of drug-likeness (QED) is 0.0994. The van der Waals surface area contributed by atoms with Gasteiger partial charge in [0.25, 0.3) is 0 Å². The van der Waals surface area contributed by atoms with E-state index in [1.807, 2.05) is 114 Å². The van der Waals surface area contributed by atoms with Crippen LogP contribution in [0.4, 0.5) is 0 Å². The van der Waals surface area contributed by atoms with Gasteiger partial charge in [-0.1, -0.05) is 88.4 Å². The van der Waals surface area contributed by atoms with E-state index >= 15 is 0 Å². The summed E-state index contributed by atoms with van der Waals surface area (Å²) in [5.74, 6) is 6.37. The molecule has 6 aromatic carbocycles. The highest BCUT2D eigenvalue weighted by Gasteiger charge is 2.18. The van der Waals surface area contributed by atoms with Crippen molar-refractivity contribution in [3.8, 4) is 74.5 Å². The number of aromatic nitrogens is 6. The van der Waals surface area contributed by atoms with Crippen LogP contribution >= 0.6 is 0 Å². The molecule has 0 amide bonds. The fourth-order valence-electron chi connectivity index (χ4n) is 8.75. The third kappa shape index (κ3) is 10.2. The summed E-state index contributed by atoms with van der Waals surface area (Å²) in [4.78, 5) is 22.5. The Balaban J connectivity index is 0.865. The molecule has 0 fully saturated rings. The Bertz CT molecular complexity index is 3220. The monoisotopic (exact) mass is 908 g/mol. The SMILES string of the molecule is Cc1cc(Oc2cccc(Oc3ccc4c5ccc(Oc6cccc(Oc7cc(C)c(-c8ccc(CC(C)C)cc8)cn7)c6)cc5n(-c5ncncn5)c4c3)c2)ncc1-c1ccc(CC(C)C)cc1. The van der Waals surface area contributed by atoms with E-state index in [0.29, 0.717) is 64.0 Å². The maximum atomic E-state index is 6.48. The van der Waals surface area contributed by atoms with Crippen molar-refractivity contribution < 1.29 is 18.9 Å². The molecule has 0 bridgehead atoms. The molecule has 0 saturated carbocycles. The van der Waals surface area contributed by atoms with Gasteiger partial charge in [-0.2, -0.15) is 0 Å². The summed E-state index contributed by atoms with van der Waals surface area (Å²) >= 11 is 0. The van der Waals surface area contributed by atoms with Gasteiger partial charge in [-0.25, -0.2) is 24.9 Å². The molecule has 4 aromatic heterocycles. The molecule has 0 radical (unpaired) electrons. The Kier molecular flexibility index (Phi) is 12.5. The topological polar surface area (TPSA) is 106 Å². The van der Waals surface area contributed by atoms with Gasteiger partial charge in [-0.05, 0) is 120 Å². The number of hydrogen-bond acceptors (Lipinski definition) is 9. The Labute approximate surface area is 402 Å². The van der Waals surface area contributed by atoms with Crippen LogP contribution in [-0.4, -0.2) is 29.5 Å². The molecule has 0 aliphatic heterocycles. The van der Waals surface area contributed by atoms with Crippen LogP contribution in [0.1, 0.15) is 49.9 Å². The Hall–Kier alpha value is -8.37. The summed E-state index contributed by atoms with van der Waals surface area (Å²) in [6, 6.07) is 48.5. The lowest BCUT2D eigenvalue weighted by atomic mass is 9.98. The minimum atomic E-state index is 0.457. The fourth-order valence-corrected chi connectivity index (χ4v) is 8.75. The van der Waals surface area contributed by atoms with Crippen molar-refractivity contribution in [3.63, 3.8) is 0 Å². The number of aryl methyl sites for hydroxylation is 2. The van der Waals surface area contributed by atoms with E-state index in [9.17, 15) is 0 Å². The highest BCUT2D eigenvalue weighted by molar-refractivity contribution is 6.09. The molecule has 0 aliphatic carbocycles. The van der Waals surface area contributed by atoms with Gasteiger partial charge < -0.3 is 18.9 Å². The summed E-state index contributed by atoms with van der Waals surface area (Å²) in [7, 11) is 0. The van der Waals surface area contributed by atoms with Crippen molar-refractivity contribution in [2.45, 2.75) is 54.4 Å². The fraction of sp³-hybridized carbons (Fsp3) is 0.169. The minimum Gasteiger partial charge on any atom is -0.457 e. The molecule has 0 spiro atoms. The highest BCUT2D eigenvalue weighted by Crippen LogP contribution is 2.39. The largest absolute Gasteiger partial charge is 0.457 e. The number of pyridine rings is 2. The average molecular weight is 909 g/mol. The third-order valence-corrected chi connectivity index (χ3v) is 11.9. The first-order valence-corrected chi connectivity index (χ1v) is 23.3. The van der Waals surface area contributed by atoms with Crippen LogP contribution in [-0.2, 0) is 12.8 Å². The van der Waals surface area contributed by atoms with Crippen molar-refractivity contribution in [2.75, 3.05) is 0 Å². The van der Waals surface area contributed by atoms with E-state index in [0.717, 1.165) is 68.0 Å². The molecule has 10 heteroatoms. The average Bonchev–Trinajstić information content (AvgIpc) is 3.65. The second-order valence-corrected chi connectivity index (χ2v) is 18.3. The zero-order chi connectivity index (χ0) is 47.4. The van der Waals surface area contributed by atoms with Gasteiger partial charge in [0.2, 0.25) is 17.7 Å². The molecule has 0 saturated heterocycles. The molecule has 69 heavy (non-hydrogen) atoms. The maximum absolute atomic E-state index is 6.48. The van der Waals surface area contributed by atoms with Gasteiger partial charge in [0.05, 0.1) is 11.0 Å². The first kappa shape index (κ1) is 44.5. The van der Waals surface area contributed by atoms with Crippen molar-refractivity contribution in [1.82, 2.24) is 29.5 Å². The van der Waals surface area contributed by atoms with E-state index < -0.39 is 0 Å². The lowest BCUT2D eigenvalue weighted by molar-refractivity contribution is 0.448.